The van der Waals surface area contributed by atoms with Crippen LogP contribution in [0.2, 0.25) is 0 Å². The Morgan fingerprint density at radius 1 is 1.38 bits per heavy atom. The smallest absolute Gasteiger partial charge is 0.198 e. The topological polar surface area (TPSA) is 65.5 Å². The summed E-state index contributed by atoms with van der Waals surface area (Å²) in [7, 11) is 1.51. The molecule has 0 spiro atoms. The number of furan rings is 1. The number of ketones is 1. The highest BCUT2D eigenvalue weighted by atomic mass is 16.5. The van der Waals surface area contributed by atoms with E-state index in [0.29, 0.717) is 22.6 Å². The second-order valence-corrected chi connectivity index (χ2v) is 3.26. The number of carbonyl (C=O) groups is 1. The highest BCUT2D eigenvalue weighted by Crippen LogP contribution is 2.26. The second-order valence-electron chi connectivity index (χ2n) is 3.26. The number of ether oxygens (including phenoxy) is 1. The minimum Gasteiger partial charge on any atom is -0.495 e. The van der Waals surface area contributed by atoms with Gasteiger partial charge >= 0.3 is 0 Å². The minimum absolute atomic E-state index is 0.176. The van der Waals surface area contributed by atoms with E-state index in [4.69, 9.17) is 14.9 Å². The first-order valence-electron chi connectivity index (χ1n) is 4.73. The molecule has 0 amide bonds. The summed E-state index contributed by atoms with van der Waals surface area (Å²) >= 11 is 0. The van der Waals surface area contributed by atoms with Gasteiger partial charge in [0, 0.05) is 5.56 Å². The number of nitrogen functional groups attached to an aromatic ring is 1. The highest BCUT2D eigenvalue weighted by Gasteiger charge is 2.15. The van der Waals surface area contributed by atoms with Crippen molar-refractivity contribution in [1.29, 1.82) is 0 Å². The Morgan fingerprint density at radius 3 is 2.81 bits per heavy atom. The lowest BCUT2D eigenvalue weighted by Crippen LogP contribution is -2.05. The van der Waals surface area contributed by atoms with Crippen LogP contribution >= 0.6 is 0 Å². The van der Waals surface area contributed by atoms with Crippen molar-refractivity contribution in [3.05, 3.63) is 47.9 Å². The van der Waals surface area contributed by atoms with Gasteiger partial charge in [0.15, 0.2) is 5.78 Å². The zero-order chi connectivity index (χ0) is 11.5. The number of anilines is 1. The number of methoxy groups -OCH3 is 1. The minimum atomic E-state index is -0.176. The summed E-state index contributed by atoms with van der Waals surface area (Å²) in [6.45, 7) is 0. The van der Waals surface area contributed by atoms with Crippen molar-refractivity contribution in [3.8, 4) is 5.75 Å². The first-order valence-corrected chi connectivity index (χ1v) is 4.73. The summed E-state index contributed by atoms with van der Waals surface area (Å²) in [4.78, 5) is 12.0. The molecule has 1 aromatic heterocycles. The summed E-state index contributed by atoms with van der Waals surface area (Å²) in [6, 6.07) is 6.69. The van der Waals surface area contributed by atoms with Gasteiger partial charge in [0.1, 0.15) is 12.0 Å². The summed E-state index contributed by atoms with van der Waals surface area (Å²) in [5, 5.41) is 0. The van der Waals surface area contributed by atoms with Crippen LogP contribution in [0.25, 0.3) is 0 Å². The summed E-state index contributed by atoms with van der Waals surface area (Å²) in [6.07, 6.45) is 2.84. The van der Waals surface area contributed by atoms with Gasteiger partial charge in [-0.1, -0.05) is 6.07 Å². The molecule has 82 valence electrons. The average molecular weight is 217 g/mol. The first kappa shape index (κ1) is 10.3. The molecule has 0 bridgehead atoms. The van der Waals surface area contributed by atoms with Crippen LogP contribution in [0.1, 0.15) is 15.9 Å². The van der Waals surface area contributed by atoms with Gasteiger partial charge in [-0.05, 0) is 18.2 Å². The van der Waals surface area contributed by atoms with Crippen LogP contribution in [0.15, 0.2) is 41.2 Å². The Balaban J connectivity index is 2.45. The molecule has 0 saturated heterocycles. The van der Waals surface area contributed by atoms with Crippen LogP contribution in [-0.4, -0.2) is 12.9 Å². The van der Waals surface area contributed by atoms with Gasteiger partial charge in [-0.25, -0.2) is 0 Å². The molecule has 0 unspecified atom stereocenters. The van der Waals surface area contributed by atoms with E-state index in [9.17, 15) is 4.79 Å². The van der Waals surface area contributed by atoms with Crippen LogP contribution in [-0.2, 0) is 0 Å². The molecule has 2 aromatic rings. The quantitative estimate of drug-likeness (QED) is 0.631. The third-order valence-corrected chi connectivity index (χ3v) is 2.31. The van der Waals surface area contributed by atoms with Crippen molar-refractivity contribution in [2.24, 2.45) is 0 Å². The fourth-order valence-corrected chi connectivity index (χ4v) is 1.47. The van der Waals surface area contributed by atoms with Crippen molar-refractivity contribution in [1.82, 2.24) is 0 Å². The molecule has 4 heteroatoms. The third kappa shape index (κ3) is 1.65. The maximum atomic E-state index is 12.0. The number of benzene rings is 1. The molecule has 0 aliphatic heterocycles. The van der Waals surface area contributed by atoms with Gasteiger partial charge in [-0.15, -0.1) is 0 Å². The van der Waals surface area contributed by atoms with E-state index >= 15 is 0 Å². The predicted octanol–water partition coefficient (Wildman–Crippen LogP) is 2.10. The van der Waals surface area contributed by atoms with Crippen molar-refractivity contribution in [2.45, 2.75) is 0 Å². The molecule has 2 rings (SSSR count). The summed E-state index contributed by atoms with van der Waals surface area (Å²) in [5.41, 5.74) is 7.06. The van der Waals surface area contributed by atoms with Gasteiger partial charge in [-0.2, -0.15) is 0 Å². The molecule has 0 atom stereocenters. The Labute approximate surface area is 92.6 Å². The molecule has 2 N–H and O–H groups in total. The van der Waals surface area contributed by atoms with E-state index < -0.39 is 0 Å². The molecule has 0 aliphatic carbocycles. The fraction of sp³-hybridized carbons (Fsp3) is 0.0833. The molecule has 1 aromatic carbocycles. The summed E-state index contributed by atoms with van der Waals surface area (Å²) < 4.78 is 9.91. The van der Waals surface area contributed by atoms with Gasteiger partial charge in [-0.3, -0.25) is 4.79 Å². The summed E-state index contributed by atoms with van der Waals surface area (Å²) in [5.74, 6) is 0.319. The Bertz CT molecular complexity index is 503. The monoisotopic (exact) mass is 217 g/mol. The largest absolute Gasteiger partial charge is 0.495 e. The van der Waals surface area contributed by atoms with Gasteiger partial charge < -0.3 is 14.9 Å². The van der Waals surface area contributed by atoms with E-state index in [0.717, 1.165) is 0 Å². The lowest BCUT2D eigenvalue weighted by molar-refractivity contribution is 0.103. The van der Waals surface area contributed by atoms with Crippen LogP contribution in [0, 0.1) is 0 Å². The number of hydrogen-bond acceptors (Lipinski definition) is 4. The van der Waals surface area contributed by atoms with E-state index in [2.05, 4.69) is 0 Å². The van der Waals surface area contributed by atoms with E-state index in [1.807, 2.05) is 0 Å². The highest BCUT2D eigenvalue weighted by molar-refractivity contribution is 6.12. The molecule has 4 nitrogen and oxygen atoms in total. The maximum absolute atomic E-state index is 12.0. The van der Waals surface area contributed by atoms with Crippen molar-refractivity contribution < 1.29 is 13.9 Å². The van der Waals surface area contributed by atoms with E-state index in [-0.39, 0.29) is 5.78 Å². The molecule has 0 radical (unpaired) electrons. The normalized spacial score (nSPS) is 10.1. The SMILES string of the molecule is COc1cccc(C(=O)c2ccoc2)c1N. The van der Waals surface area contributed by atoms with Gasteiger partial charge in [0.25, 0.3) is 0 Å². The molecule has 0 aliphatic rings. The third-order valence-electron chi connectivity index (χ3n) is 2.31. The number of hydrogen-bond donors (Lipinski definition) is 1. The zero-order valence-electron chi connectivity index (χ0n) is 8.77. The van der Waals surface area contributed by atoms with Crippen molar-refractivity contribution in [2.75, 3.05) is 12.8 Å². The first-order chi connectivity index (χ1) is 7.74. The van der Waals surface area contributed by atoms with E-state index in [1.54, 1.807) is 24.3 Å². The molecule has 0 saturated carbocycles. The number of rotatable bonds is 3. The van der Waals surface area contributed by atoms with E-state index in [1.165, 1.54) is 19.6 Å². The number of nitrogens with two attached hydrogens (primary N) is 1. The predicted molar refractivity (Wildman–Crippen MR) is 59.5 cm³/mol. The Kier molecular flexibility index (Phi) is 2.64. The lowest BCUT2D eigenvalue weighted by Gasteiger charge is -2.07. The average Bonchev–Trinajstić information content (AvgIpc) is 2.82. The number of carbonyl (C=O) groups excluding carboxylic acids is 1. The molecular formula is C12H11NO3. The van der Waals surface area contributed by atoms with Gasteiger partial charge in [0.2, 0.25) is 0 Å². The molecule has 16 heavy (non-hydrogen) atoms. The van der Waals surface area contributed by atoms with Crippen LogP contribution in [0.5, 0.6) is 5.75 Å². The second kappa shape index (κ2) is 4.10. The van der Waals surface area contributed by atoms with Crippen LogP contribution in [0.3, 0.4) is 0 Å². The fourth-order valence-electron chi connectivity index (χ4n) is 1.47. The van der Waals surface area contributed by atoms with Crippen molar-refractivity contribution >= 4 is 11.5 Å². The van der Waals surface area contributed by atoms with Crippen LogP contribution in [0.4, 0.5) is 5.69 Å². The van der Waals surface area contributed by atoms with Gasteiger partial charge in [0.05, 0.1) is 24.6 Å². The van der Waals surface area contributed by atoms with Crippen LogP contribution < -0.4 is 10.5 Å². The Hall–Kier alpha value is -2.23. The zero-order valence-corrected chi connectivity index (χ0v) is 8.77. The van der Waals surface area contributed by atoms with Crippen molar-refractivity contribution in [3.63, 3.8) is 0 Å². The maximum Gasteiger partial charge on any atom is 0.198 e. The molecule has 1 heterocycles. The standard InChI is InChI=1S/C12H11NO3/c1-15-10-4-2-3-9(11(10)13)12(14)8-5-6-16-7-8/h2-7H,13H2,1H3. The molecular weight excluding hydrogens is 206 g/mol. The lowest BCUT2D eigenvalue weighted by atomic mass is 10.0. The molecule has 0 fully saturated rings. The Morgan fingerprint density at radius 2 is 2.19 bits per heavy atom. The number of para-hydroxylation sites is 1.